The van der Waals surface area contributed by atoms with E-state index in [-0.39, 0.29) is 24.3 Å². The molecule has 1 N–H and O–H groups in total. The molecule has 1 unspecified atom stereocenters. The number of aryl methyl sites for hydroxylation is 1. The average Bonchev–Trinajstić information content (AvgIpc) is 2.38. The zero-order chi connectivity index (χ0) is 13.1. The van der Waals surface area contributed by atoms with E-state index in [4.69, 9.17) is 0 Å². The number of hydrogen-bond donors (Lipinski definition) is 1. The topological polar surface area (TPSA) is 40.5 Å². The molecule has 1 aliphatic rings. The van der Waals surface area contributed by atoms with Gasteiger partial charge in [0.2, 0.25) is 5.91 Å². The summed E-state index contributed by atoms with van der Waals surface area (Å²) in [5.41, 5.74) is 2.25. The molecule has 2 rings (SSSR count). The number of benzene rings is 1. The van der Waals surface area contributed by atoms with Crippen LogP contribution in [0.1, 0.15) is 25.8 Å². The lowest BCUT2D eigenvalue weighted by Crippen LogP contribution is -2.42. The molecule has 1 atom stereocenters. The lowest BCUT2D eigenvalue weighted by atomic mass is 9.93. The molecule has 1 heterocycles. The molecule has 1 aromatic rings. The van der Waals surface area contributed by atoms with Gasteiger partial charge < -0.3 is 10.0 Å². The summed E-state index contributed by atoms with van der Waals surface area (Å²) in [4.78, 5) is 14.3. The number of anilines is 1. The number of aliphatic hydroxyl groups excluding tert-OH is 1. The second kappa shape index (κ2) is 5.53. The summed E-state index contributed by atoms with van der Waals surface area (Å²) in [5, 5.41) is 9.40. The first-order chi connectivity index (χ1) is 8.65. The highest BCUT2D eigenvalue weighted by Gasteiger charge is 2.29. The molecule has 1 amide bonds. The number of carbonyl (C=O) groups excluding carboxylic acids is 1. The highest BCUT2D eigenvalue weighted by Crippen LogP contribution is 2.29. The van der Waals surface area contributed by atoms with Crippen LogP contribution in [0.5, 0.6) is 0 Å². The van der Waals surface area contributed by atoms with Crippen molar-refractivity contribution in [1.29, 1.82) is 0 Å². The van der Waals surface area contributed by atoms with Gasteiger partial charge in [-0.2, -0.15) is 0 Å². The third kappa shape index (κ3) is 2.41. The summed E-state index contributed by atoms with van der Waals surface area (Å²) in [6, 6.07) is 8.06. The van der Waals surface area contributed by atoms with Crippen molar-refractivity contribution >= 4 is 11.6 Å². The Labute approximate surface area is 108 Å². The number of amides is 1. The number of para-hydroxylation sites is 1. The van der Waals surface area contributed by atoms with Crippen molar-refractivity contribution in [3.63, 3.8) is 0 Å². The van der Waals surface area contributed by atoms with Crippen molar-refractivity contribution in [2.75, 3.05) is 18.1 Å². The third-order valence-electron chi connectivity index (χ3n) is 3.69. The predicted octanol–water partition coefficient (Wildman–Crippen LogP) is 2.23. The summed E-state index contributed by atoms with van der Waals surface area (Å²) in [6.45, 7) is 4.65. The monoisotopic (exact) mass is 247 g/mol. The number of carbonyl (C=O) groups is 1. The predicted molar refractivity (Wildman–Crippen MR) is 72.5 cm³/mol. The van der Waals surface area contributed by atoms with Gasteiger partial charge in [0.25, 0.3) is 0 Å². The van der Waals surface area contributed by atoms with E-state index in [1.807, 2.05) is 36.9 Å². The molecule has 98 valence electrons. The molecule has 0 bridgehead atoms. The van der Waals surface area contributed by atoms with Gasteiger partial charge in [-0.15, -0.1) is 0 Å². The van der Waals surface area contributed by atoms with Crippen LogP contribution in [0.25, 0.3) is 0 Å². The Balaban J connectivity index is 2.27. The summed E-state index contributed by atoms with van der Waals surface area (Å²) >= 11 is 0. The normalized spacial score (nSPS) is 16.6. The van der Waals surface area contributed by atoms with Gasteiger partial charge in [-0.05, 0) is 30.4 Å². The van der Waals surface area contributed by atoms with Crippen LogP contribution < -0.4 is 4.90 Å². The molecule has 0 radical (unpaired) electrons. The summed E-state index contributed by atoms with van der Waals surface area (Å²) < 4.78 is 0. The van der Waals surface area contributed by atoms with Gasteiger partial charge in [-0.3, -0.25) is 4.79 Å². The summed E-state index contributed by atoms with van der Waals surface area (Å²) in [6.07, 6.45) is 2.03. The Bertz CT molecular complexity index is 428. The van der Waals surface area contributed by atoms with Gasteiger partial charge in [-0.1, -0.05) is 32.0 Å². The Morgan fingerprint density at radius 2 is 2.11 bits per heavy atom. The fraction of sp³-hybridized carbons (Fsp3) is 0.533. The van der Waals surface area contributed by atoms with Crippen LogP contribution in [0.2, 0.25) is 0 Å². The van der Waals surface area contributed by atoms with Crippen LogP contribution >= 0.6 is 0 Å². The minimum atomic E-state index is -0.295. The van der Waals surface area contributed by atoms with Crippen molar-refractivity contribution in [2.45, 2.75) is 26.7 Å². The smallest absolute Gasteiger partial charge is 0.232 e. The molecule has 18 heavy (non-hydrogen) atoms. The fourth-order valence-corrected chi connectivity index (χ4v) is 2.54. The first-order valence-corrected chi connectivity index (χ1v) is 6.65. The van der Waals surface area contributed by atoms with Crippen molar-refractivity contribution in [1.82, 2.24) is 0 Å². The number of hydrogen-bond acceptors (Lipinski definition) is 2. The molecule has 0 spiro atoms. The maximum absolute atomic E-state index is 12.5. The molecule has 0 aromatic heterocycles. The van der Waals surface area contributed by atoms with E-state index in [0.717, 1.165) is 25.1 Å². The van der Waals surface area contributed by atoms with Crippen LogP contribution in [0.4, 0.5) is 5.69 Å². The number of aliphatic hydroxyl groups is 1. The Hall–Kier alpha value is -1.35. The maximum Gasteiger partial charge on any atom is 0.232 e. The fourth-order valence-electron chi connectivity index (χ4n) is 2.54. The average molecular weight is 247 g/mol. The van der Waals surface area contributed by atoms with Gasteiger partial charge in [0.05, 0.1) is 12.5 Å². The van der Waals surface area contributed by atoms with E-state index in [0.29, 0.717) is 0 Å². The Morgan fingerprint density at radius 1 is 1.39 bits per heavy atom. The van der Waals surface area contributed by atoms with Crippen molar-refractivity contribution in [3.8, 4) is 0 Å². The quantitative estimate of drug-likeness (QED) is 0.889. The molecule has 3 heteroatoms. The molecule has 0 fully saturated rings. The first kappa shape index (κ1) is 13.1. The van der Waals surface area contributed by atoms with E-state index >= 15 is 0 Å². The molecule has 1 aromatic carbocycles. The molecular formula is C15H21NO2. The standard InChI is InChI=1S/C15H21NO2/c1-11(2)13(10-17)15(18)16-9-5-7-12-6-3-4-8-14(12)16/h3-4,6,8,11,13,17H,5,7,9-10H2,1-2H3. The molecule has 0 aliphatic carbocycles. The summed E-state index contributed by atoms with van der Waals surface area (Å²) in [5.74, 6) is -0.0765. The van der Waals surface area contributed by atoms with E-state index in [9.17, 15) is 9.90 Å². The number of rotatable bonds is 3. The van der Waals surface area contributed by atoms with E-state index in [2.05, 4.69) is 6.07 Å². The van der Waals surface area contributed by atoms with Gasteiger partial charge in [-0.25, -0.2) is 0 Å². The van der Waals surface area contributed by atoms with Gasteiger partial charge in [0.1, 0.15) is 0 Å². The molecule has 0 saturated carbocycles. The van der Waals surface area contributed by atoms with E-state index in [1.165, 1.54) is 5.56 Å². The summed E-state index contributed by atoms with van der Waals surface area (Å²) in [7, 11) is 0. The van der Waals surface area contributed by atoms with E-state index < -0.39 is 0 Å². The van der Waals surface area contributed by atoms with Crippen molar-refractivity contribution < 1.29 is 9.90 Å². The van der Waals surface area contributed by atoms with Crippen LogP contribution in [-0.2, 0) is 11.2 Å². The lowest BCUT2D eigenvalue weighted by Gasteiger charge is -2.33. The van der Waals surface area contributed by atoms with Gasteiger partial charge >= 0.3 is 0 Å². The highest BCUT2D eigenvalue weighted by molar-refractivity contribution is 5.96. The zero-order valence-electron chi connectivity index (χ0n) is 11.1. The zero-order valence-corrected chi connectivity index (χ0v) is 11.1. The lowest BCUT2D eigenvalue weighted by molar-refractivity contribution is -0.125. The largest absolute Gasteiger partial charge is 0.396 e. The van der Waals surface area contributed by atoms with Crippen molar-refractivity contribution in [2.24, 2.45) is 11.8 Å². The van der Waals surface area contributed by atoms with Crippen LogP contribution in [0.3, 0.4) is 0 Å². The van der Waals surface area contributed by atoms with Gasteiger partial charge in [0, 0.05) is 12.2 Å². The first-order valence-electron chi connectivity index (χ1n) is 6.65. The van der Waals surface area contributed by atoms with Crippen LogP contribution in [0, 0.1) is 11.8 Å². The SMILES string of the molecule is CC(C)C(CO)C(=O)N1CCCc2ccccc21. The second-order valence-electron chi connectivity index (χ2n) is 5.26. The van der Waals surface area contributed by atoms with Gasteiger partial charge in [0.15, 0.2) is 0 Å². The molecule has 3 nitrogen and oxygen atoms in total. The van der Waals surface area contributed by atoms with Crippen LogP contribution in [-0.4, -0.2) is 24.2 Å². The second-order valence-corrected chi connectivity index (χ2v) is 5.26. The van der Waals surface area contributed by atoms with Crippen LogP contribution in [0.15, 0.2) is 24.3 Å². The van der Waals surface area contributed by atoms with E-state index in [1.54, 1.807) is 0 Å². The molecule has 0 saturated heterocycles. The Kier molecular flexibility index (Phi) is 4.02. The Morgan fingerprint density at radius 3 is 2.78 bits per heavy atom. The molecule has 1 aliphatic heterocycles. The minimum absolute atomic E-state index is 0.0552. The number of fused-ring (bicyclic) bond motifs is 1. The number of nitrogens with zero attached hydrogens (tertiary/aromatic N) is 1. The maximum atomic E-state index is 12.5. The van der Waals surface area contributed by atoms with Crippen molar-refractivity contribution in [3.05, 3.63) is 29.8 Å². The molecular weight excluding hydrogens is 226 g/mol. The third-order valence-corrected chi connectivity index (χ3v) is 3.69. The highest BCUT2D eigenvalue weighted by atomic mass is 16.3. The minimum Gasteiger partial charge on any atom is -0.396 e.